The minimum absolute atomic E-state index is 0.633. The van der Waals surface area contributed by atoms with Gasteiger partial charge in [0.25, 0.3) is 0 Å². The van der Waals surface area contributed by atoms with Gasteiger partial charge in [0.1, 0.15) is 5.52 Å². The molecule has 0 unspecified atom stereocenters. The van der Waals surface area contributed by atoms with E-state index in [0.29, 0.717) is 5.89 Å². The first-order chi connectivity index (χ1) is 27.7. The number of hydrogen-bond acceptors (Lipinski definition) is 3. The number of aromatic nitrogens is 1. The van der Waals surface area contributed by atoms with Crippen LogP contribution in [0.5, 0.6) is 0 Å². The molecule has 262 valence electrons. The Labute approximate surface area is 324 Å². The van der Waals surface area contributed by atoms with Crippen LogP contribution in [0.3, 0.4) is 0 Å². The molecule has 3 heteroatoms. The number of hydrogen-bond donors (Lipinski definition) is 0. The van der Waals surface area contributed by atoms with Gasteiger partial charge in [0.2, 0.25) is 5.89 Å². The largest absolute Gasteiger partial charge is 0.435 e. The predicted octanol–water partition coefficient (Wildman–Crippen LogP) is 14.9. The molecule has 0 radical (unpaired) electrons. The third kappa shape index (κ3) is 5.49. The number of fused-ring (bicyclic) bond motifs is 8. The number of nitrogens with zero attached hydrogens (tertiary/aromatic N) is 2. The van der Waals surface area contributed by atoms with Crippen molar-refractivity contribution in [2.75, 3.05) is 4.90 Å². The topological polar surface area (TPSA) is 29.3 Å². The third-order valence-electron chi connectivity index (χ3n) is 11.0. The standard InChI is InChI=1S/C53H34N2O/c1-4-10-35(11-5-1)37-22-26-45(27-23-37)55(46-28-24-42-32-41(19-20-43(42)33-46)36-12-6-2-7-13-36)47-29-30-48-44(34-47)21-18-38-16-17-39-25-31-49-52(51(39)50(38)48)56-53(54-49)40-14-8-3-9-15-40/h1-34H. The first kappa shape index (κ1) is 32.0. The average Bonchev–Trinajstić information content (AvgIpc) is 3.72. The molecule has 0 spiro atoms. The van der Waals surface area contributed by atoms with E-state index in [1.54, 1.807) is 0 Å². The maximum atomic E-state index is 6.59. The van der Waals surface area contributed by atoms with Crippen LogP contribution >= 0.6 is 0 Å². The summed E-state index contributed by atoms with van der Waals surface area (Å²) >= 11 is 0. The maximum absolute atomic E-state index is 6.59. The molecule has 0 saturated carbocycles. The minimum Gasteiger partial charge on any atom is -0.435 e. The molecular formula is C53H34N2O. The normalized spacial score (nSPS) is 11.6. The lowest BCUT2D eigenvalue weighted by Crippen LogP contribution is -2.10. The Morgan fingerprint density at radius 2 is 0.821 bits per heavy atom. The average molecular weight is 715 g/mol. The van der Waals surface area contributed by atoms with Crippen molar-refractivity contribution in [1.29, 1.82) is 0 Å². The molecule has 0 aliphatic heterocycles. The van der Waals surface area contributed by atoms with E-state index >= 15 is 0 Å². The third-order valence-corrected chi connectivity index (χ3v) is 11.0. The lowest BCUT2D eigenvalue weighted by Gasteiger charge is -2.26. The van der Waals surface area contributed by atoms with Crippen molar-refractivity contribution in [2.24, 2.45) is 0 Å². The summed E-state index contributed by atoms with van der Waals surface area (Å²) in [5.74, 6) is 0.633. The molecule has 1 heterocycles. The highest BCUT2D eigenvalue weighted by Gasteiger charge is 2.18. The van der Waals surface area contributed by atoms with Gasteiger partial charge in [-0.2, -0.15) is 0 Å². The van der Waals surface area contributed by atoms with E-state index in [-0.39, 0.29) is 0 Å². The molecule has 0 atom stereocenters. The Morgan fingerprint density at radius 1 is 0.339 bits per heavy atom. The smallest absolute Gasteiger partial charge is 0.227 e. The second-order valence-corrected chi connectivity index (χ2v) is 14.4. The molecule has 0 fully saturated rings. The van der Waals surface area contributed by atoms with Crippen molar-refractivity contribution in [2.45, 2.75) is 0 Å². The Morgan fingerprint density at radius 3 is 1.54 bits per heavy atom. The molecular weight excluding hydrogens is 681 g/mol. The van der Waals surface area contributed by atoms with Crippen molar-refractivity contribution in [3.63, 3.8) is 0 Å². The zero-order valence-electron chi connectivity index (χ0n) is 30.4. The first-order valence-electron chi connectivity index (χ1n) is 19.0. The summed E-state index contributed by atoms with van der Waals surface area (Å²) in [7, 11) is 0. The zero-order chi connectivity index (χ0) is 37.0. The fourth-order valence-electron chi connectivity index (χ4n) is 8.24. The number of rotatable bonds is 6. The molecule has 3 nitrogen and oxygen atoms in total. The molecule has 1 aromatic heterocycles. The van der Waals surface area contributed by atoms with E-state index in [4.69, 9.17) is 9.40 Å². The number of benzene rings is 10. The van der Waals surface area contributed by atoms with Crippen LogP contribution in [0.15, 0.2) is 211 Å². The van der Waals surface area contributed by atoms with Crippen molar-refractivity contribution < 1.29 is 4.42 Å². The van der Waals surface area contributed by atoms with Crippen molar-refractivity contribution in [3.05, 3.63) is 206 Å². The highest BCUT2D eigenvalue weighted by atomic mass is 16.3. The summed E-state index contributed by atoms with van der Waals surface area (Å²) in [6.45, 7) is 0. The highest BCUT2D eigenvalue weighted by molar-refractivity contribution is 6.26. The lowest BCUT2D eigenvalue weighted by molar-refractivity contribution is 0.623. The van der Waals surface area contributed by atoms with E-state index in [1.165, 1.54) is 49.2 Å². The van der Waals surface area contributed by atoms with Gasteiger partial charge in [-0.05, 0) is 115 Å². The highest BCUT2D eigenvalue weighted by Crippen LogP contribution is 2.42. The Balaban J connectivity index is 1.08. The first-order valence-corrected chi connectivity index (χ1v) is 19.0. The fourth-order valence-corrected chi connectivity index (χ4v) is 8.24. The number of oxazole rings is 1. The summed E-state index contributed by atoms with van der Waals surface area (Å²) in [5.41, 5.74) is 10.7. The maximum Gasteiger partial charge on any atom is 0.227 e. The molecule has 0 aliphatic carbocycles. The van der Waals surface area contributed by atoms with Crippen LogP contribution < -0.4 is 4.90 Å². The van der Waals surface area contributed by atoms with Crippen LogP contribution in [0.1, 0.15) is 0 Å². The van der Waals surface area contributed by atoms with E-state index in [2.05, 4.69) is 181 Å². The molecule has 56 heavy (non-hydrogen) atoms. The van der Waals surface area contributed by atoms with Crippen molar-refractivity contribution in [3.8, 4) is 33.7 Å². The molecule has 0 amide bonds. The van der Waals surface area contributed by atoms with Crippen LogP contribution in [0.25, 0.3) is 87.9 Å². The van der Waals surface area contributed by atoms with Crippen LogP contribution in [-0.4, -0.2) is 4.98 Å². The molecule has 0 saturated heterocycles. The SMILES string of the molecule is c1ccc(-c2ccc(N(c3ccc4cc(-c5ccccc5)ccc4c3)c3ccc4c(ccc5ccc6ccc7nc(-c8ccccc8)oc7c6c54)c3)cc2)cc1. The molecule has 10 aromatic carbocycles. The van der Waals surface area contributed by atoms with Gasteiger partial charge in [-0.15, -0.1) is 0 Å². The Hall–Kier alpha value is -7.49. The summed E-state index contributed by atoms with van der Waals surface area (Å²) < 4.78 is 6.59. The van der Waals surface area contributed by atoms with Gasteiger partial charge < -0.3 is 9.32 Å². The summed E-state index contributed by atoms with van der Waals surface area (Å²) in [5, 5.41) is 9.29. The van der Waals surface area contributed by atoms with Gasteiger partial charge in [0, 0.05) is 33.4 Å². The van der Waals surface area contributed by atoms with Crippen molar-refractivity contribution >= 4 is 71.3 Å². The van der Waals surface area contributed by atoms with Gasteiger partial charge >= 0.3 is 0 Å². The Kier molecular flexibility index (Phi) is 7.49. The van der Waals surface area contributed by atoms with Crippen LogP contribution in [0.4, 0.5) is 17.1 Å². The van der Waals surface area contributed by atoms with Gasteiger partial charge in [-0.1, -0.05) is 146 Å². The summed E-state index contributed by atoms with van der Waals surface area (Å²) in [6, 6.07) is 73.6. The Bertz CT molecular complexity index is 3230. The molecule has 0 bridgehead atoms. The van der Waals surface area contributed by atoms with Gasteiger partial charge in [0.05, 0.1) is 0 Å². The fraction of sp³-hybridized carbons (Fsp3) is 0. The number of anilines is 3. The monoisotopic (exact) mass is 714 g/mol. The van der Waals surface area contributed by atoms with E-state index in [0.717, 1.165) is 49.9 Å². The lowest BCUT2D eigenvalue weighted by atomic mass is 9.95. The molecule has 0 N–H and O–H groups in total. The van der Waals surface area contributed by atoms with E-state index < -0.39 is 0 Å². The second kappa shape index (κ2) is 13.1. The van der Waals surface area contributed by atoms with Crippen LogP contribution in [-0.2, 0) is 0 Å². The molecule has 0 aliphatic rings. The summed E-state index contributed by atoms with van der Waals surface area (Å²) in [4.78, 5) is 7.29. The van der Waals surface area contributed by atoms with Crippen LogP contribution in [0.2, 0.25) is 0 Å². The van der Waals surface area contributed by atoms with Crippen LogP contribution in [0, 0.1) is 0 Å². The van der Waals surface area contributed by atoms with Gasteiger partial charge in [0.15, 0.2) is 5.58 Å². The second-order valence-electron chi connectivity index (χ2n) is 14.4. The molecule has 11 aromatic rings. The van der Waals surface area contributed by atoms with Gasteiger partial charge in [-0.25, -0.2) is 4.98 Å². The zero-order valence-corrected chi connectivity index (χ0v) is 30.4. The van der Waals surface area contributed by atoms with Crippen molar-refractivity contribution in [1.82, 2.24) is 4.98 Å². The predicted molar refractivity (Wildman–Crippen MR) is 235 cm³/mol. The van der Waals surface area contributed by atoms with Gasteiger partial charge in [-0.3, -0.25) is 0 Å². The minimum atomic E-state index is 0.633. The molecule has 11 rings (SSSR count). The quantitative estimate of drug-likeness (QED) is 0.161. The van der Waals surface area contributed by atoms with E-state index in [9.17, 15) is 0 Å². The van der Waals surface area contributed by atoms with E-state index in [1.807, 2.05) is 30.3 Å². The summed E-state index contributed by atoms with van der Waals surface area (Å²) in [6.07, 6.45) is 0.